The topological polar surface area (TPSA) is 75.8 Å². The van der Waals surface area contributed by atoms with E-state index < -0.39 is 0 Å². The number of carbonyl (C=O) groups excluding carboxylic acids is 1. The second kappa shape index (κ2) is 7.31. The van der Waals surface area contributed by atoms with E-state index in [1.165, 1.54) is 19.6 Å². The van der Waals surface area contributed by atoms with E-state index in [1.807, 2.05) is 4.90 Å². The van der Waals surface area contributed by atoms with Crippen molar-refractivity contribution in [2.75, 3.05) is 20.2 Å². The quantitative estimate of drug-likeness (QED) is 0.871. The number of methoxy groups -OCH3 is 1. The first-order valence-corrected chi connectivity index (χ1v) is 7.55. The molecule has 2 rings (SSSR count). The lowest BCUT2D eigenvalue weighted by Crippen LogP contribution is -2.44. The molecule has 21 heavy (non-hydrogen) atoms. The Balaban J connectivity index is 2.21. The first kappa shape index (κ1) is 15.6. The van der Waals surface area contributed by atoms with Crippen LogP contribution in [-0.2, 0) is 0 Å². The van der Waals surface area contributed by atoms with E-state index in [0.717, 1.165) is 25.7 Å². The van der Waals surface area contributed by atoms with Gasteiger partial charge in [0.25, 0.3) is 5.91 Å². The number of nitrogens with zero attached hydrogens (tertiary/aromatic N) is 1. The van der Waals surface area contributed by atoms with Gasteiger partial charge in [0, 0.05) is 25.2 Å². The SMILES string of the molecule is COc1ccc(C(=O)N(CCN)C2CCCCC2)c(O)c1. The largest absolute Gasteiger partial charge is 0.507 e. The van der Waals surface area contributed by atoms with Crippen molar-refractivity contribution < 1.29 is 14.6 Å². The Morgan fingerprint density at radius 1 is 1.38 bits per heavy atom. The third-order valence-corrected chi connectivity index (χ3v) is 4.08. The fourth-order valence-electron chi connectivity index (χ4n) is 2.96. The predicted octanol–water partition coefficient (Wildman–Crippen LogP) is 2.13. The average Bonchev–Trinajstić information content (AvgIpc) is 2.52. The van der Waals surface area contributed by atoms with Crippen molar-refractivity contribution in [2.45, 2.75) is 38.1 Å². The highest BCUT2D eigenvalue weighted by molar-refractivity contribution is 5.97. The molecule has 0 radical (unpaired) electrons. The summed E-state index contributed by atoms with van der Waals surface area (Å²) >= 11 is 0. The molecule has 5 nitrogen and oxygen atoms in total. The molecule has 0 spiro atoms. The lowest BCUT2D eigenvalue weighted by molar-refractivity contribution is 0.0638. The van der Waals surface area contributed by atoms with Crippen molar-refractivity contribution in [3.05, 3.63) is 23.8 Å². The second-order valence-electron chi connectivity index (χ2n) is 5.46. The van der Waals surface area contributed by atoms with Gasteiger partial charge >= 0.3 is 0 Å². The molecule has 0 atom stereocenters. The molecule has 0 heterocycles. The Morgan fingerprint density at radius 2 is 2.10 bits per heavy atom. The number of hydrogen-bond acceptors (Lipinski definition) is 4. The van der Waals surface area contributed by atoms with Crippen LogP contribution in [0.4, 0.5) is 0 Å². The van der Waals surface area contributed by atoms with Gasteiger partial charge in [-0.05, 0) is 25.0 Å². The molecule has 0 aliphatic heterocycles. The van der Waals surface area contributed by atoms with Gasteiger partial charge in [0.1, 0.15) is 11.5 Å². The molecule has 116 valence electrons. The van der Waals surface area contributed by atoms with E-state index in [1.54, 1.807) is 12.1 Å². The monoisotopic (exact) mass is 292 g/mol. The number of ether oxygens (including phenoxy) is 1. The number of aromatic hydroxyl groups is 1. The molecule has 1 aliphatic carbocycles. The zero-order valence-corrected chi connectivity index (χ0v) is 12.5. The van der Waals surface area contributed by atoms with E-state index in [-0.39, 0.29) is 17.7 Å². The van der Waals surface area contributed by atoms with Gasteiger partial charge in [-0.3, -0.25) is 4.79 Å². The summed E-state index contributed by atoms with van der Waals surface area (Å²) in [7, 11) is 1.53. The Hall–Kier alpha value is -1.75. The maximum absolute atomic E-state index is 12.7. The molecule has 0 saturated heterocycles. The van der Waals surface area contributed by atoms with Crippen LogP contribution in [0.15, 0.2) is 18.2 Å². The lowest BCUT2D eigenvalue weighted by Gasteiger charge is -2.34. The number of phenolic OH excluding ortho intramolecular Hbond substituents is 1. The molecule has 1 fully saturated rings. The van der Waals surface area contributed by atoms with Gasteiger partial charge in [-0.2, -0.15) is 0 Å². The molecule has 5 heteroatoms. The minimum absolute atomic E-state index is 0.0443. The van der Waals surface area contributed by atoms with Gasteiger partial charge in [-0.1, -0.05) is 19.3 Å². The summed E-state index contributed by atoms with van der Waals surface area (Å²) in [4.78, 5) is 14.5. The highest BCUT2D eigenvalue weighted by atomic mass is 16.5. The number of rotatable bonds is 5. The van der Waals surface area contributed by atoms with Crippen molar-refractivity contribution in [1.29, 1.82) is 0 Å². The van der Waals surface area contributed by atoms with Crippen molar-refractivity contribution in [1.82, 2.24) is 4.90 Å². The minimum Gasteiger partial charge on any atom is -0.507 e. The number of benzene rings is 1. The van der Waals surface area contributed by atoms with Crippen LogP contribution in [0, 0.1) is 0 Å². The van der Waals surface area contributed by atoms with E-state index in [0.29, 0.717) is 24.4 Å². The maximum Gasteiger partial charge on any atom is 0.257 e. The van der Waals surface area contributed by atoms with Gasteiger partial charge in [0.15, 0.2) is 0 Å². The summed E-state index contributed by atoms with van der Waals surface area (Å²) in [5, 5.41) is 10.0. The molecule has 0 aromatic heterocycles. The van der Waals surface area contributed by atoms with Gasteiger partial charge < -0.3 is 20.5 Å². The Bertz CT molecular complexity index is 484. The summed E-state index contributed by atoms with van der Waals surface area (Å²) in [6.45, 7) is 0.953. The zero-order valence-electron chi connectivity index (χ0n) is 12.5. The fraction of sp³-hybridized carbons (Fsp3) is 0.562. The average molecular weight is 292 g/mol. The normalized spacial score (nSPS) is 15.7. The zero-order chi connectivity index (χ0) is 15.2. The predicted molar refractivity (Wildman–Crippen MR) is 81.6 cm³/mol. The number of carbonyl (C=O) groups is 1. The van der Waals surface area contributed by atoms with Crippen LogP contribution in [0.3, 0.4) is 0 Å². The Labute approximate surface area is 125 Å². The third kappa shape index (κ3) is 3.67. The molecule has 1 amide bonds. The van der Waals surface area contributed by atoms with Crippen LogP contribution < -0.4 is 10.5 Å². The van der Waals surface area contributed by atoms with E-state index >= 15 is 0 Å². The molecular formula is C16H24N2O3. The van der Waals surface area contributed by atoms with Gasteiger partial charge in [0.2, 0.25) is 0 Å². The van der Waals surface area contributed by atoms with Crippen LogP contribution >= 0.6 is 0 Å². The number of nitrogens with two attached hydrogens (primary N) is 1. The van der Waals surface area contributed by atoms with Crippen LogP contribution in [-0.4, -0.2) is 42.2 Å². The molecule has 1 aromatic rings. The van der Waals surface area contributed by atoms with Crippen molar-refractivity contribution in [2.24, 2.45) is 5.73 Å². The lowest BCUT2D eigenvalue weighted by atomic mass is 9.93. The number of hydrogen-bond donors (Lipinski definition) is 2. The Morgan fingerprint density at radius 3 is 2.67 bits per heavy atom. The van der Waals surface area contributed by atoms with Crippen LogP contribution in [0.2, 0.25) is 0 Å². The number of phenols is 1. The molecule has 3 N–H and O–H groups in total. The Kier molecular flexibility index (Phi) is 5.44. The van der Waals surface area contributed by atoms with E-state index in [9.17, 15) is 9.90 Å². The fourth-order valence-corrected chi connectivity index (χ4v) is 2.96. The smallest absolute Gasteiger partial charge is 0.257 e. The molecular weight excluding hydrogens is 268 g/mol. The number of amides is 1. The summed E-state index contributed by atoms with van der Waals surface area (Å²) in [5.41, 5.74) is 5.97. The first-order valence-electron chi connectivity index (χ1n) is 7.55. The van der Waals surface area contributed by atoms with Crippen molar-refractivity contribution in [3.63, 3.8) is 0 Å². The minimum atomic E-state index is -0.146. The molecule has 0 unspecified atom stereocenters. The van der Waals surface area contributed by atoms with Crippen molar-refractivity contribution >= 4 is 5.91 Å². The standard InChI is InChI=1S/C16H24N2O3/c1-21-13-7-8-14(15(19)11-13)16(20)18(10-9-17)12-5-3-2-4-6-12/h7-8,11-12,19H,2-6,9-10,17H2,1H3. The van der Waals surface area contributed by atoms with Crippen molar-refractivity contribution in [3.8, 4) is 11.5 Å². The second-order valence-corrected chi connectivity index (χ2v) is 5.46. The van der Waals surface area contributed by atoms with E-state index in [4.69, 9.17) is 10.5 Å². The molecule has 1 saturated carbocycles. The van der Waals surface area contributed by atoms with Gasteiger partial charge in [0.05, 0.1) is 12.7 Å². The summed E-state index contributed by atoms with van der Waals surface area (Å²) in [5.74, 6) is 0.344. The third-order valence-electron chi connectivity index (χ3n) is 4.08. The molecule has 1 aromatic carbocycles. The highest BCUT2D eigenvalue weighted by Crippen LogP contribution is 2.28. The first-order chi connectivity index (χ1) is 10.2. The summed E-state index contributed by atoms with van der Waals surface area (Å²) in [6, 6.07) is 5.00. The van der Waals surface area contributed by atoms with Crippen LogP contribution in [0.25, 0.3) is 0 Å². The van der Waals surface area contributed by atoms with E-state index in [2.05, 4.69) is 0 Å². The maximum atomic E-state index is 12.7. The van der Waals surface area contributed by atoms with Crippen LogP contribution in [0.1, 0.15) is 42.5 Å². The van der Waals surface area contributed by atoms with Gasteiger partial charge in [-0.15, -0.1) is 0 Å². The summed E-state index contributed by atoms with van der Waals surface area (Å²) in [6.07, 6.45) is 5.56. The highest BCUT2D eigenvalue weighted by Gasteiger charge is 2.27. The van der Waals surface area contributed by atoms with Gasteiger partial charge in [-0.25, -0.2) is 0 Å². The molecule has 0 bridgehead atoms. The molecule has 1 aliphatic rings. The van der Waals surface area contributed by atoms with Crippen LogP contribution in [0.5, 0.6) is 11.5 Å². The summed E-state index contributed by atoms with van der Waals surface area (Å²) < 4.78 is 5.05.